The van der Waals surface area contributed by atoms with Crippen molar-refractivity contribution in [2.24, 2.45) is 10.9 Å². The molecule has 0 bridgehead atoms. The molecule has 0 radical (unpaired) electrons. The Morgan fingerprint density at radius 2 is 2.15 bits per heavy atom. The number of primary amides is 1. The number of hydrogen-bond acceptors (Lipinski definition) is 13. The number of ether oxygens (including phenoxy) is 1. The van der Waals surface area contributed by atoms with Gasteiger partial charge in [0.05, 0.1) is 0 Å². The zero-order valence-electron chi connectivity index (χ0n) is 20.9. The maximum absolute atomic E-state index is 13.0. The van der Waals surface area contributed by atoms with Gasteiger partial charge in [0.25, 0.3) is 11.8 Å². The van der Waals surface area contributed by atoms with Crippen molar-refractivity contribution in [2.75, 3.05) is 23.8 Å². The van der Waals surface area contributed by atoms with Crippen molar-refractivity contribution < 1.29 is 38.8 Å². The van der Waals surface area contributed by atoms with Crippen LogP contribution in [0.15, 0.2) is 51.4 Å². The fourth-order valence-corrected chi connectivity index (χ4v) is 6.87. The molecule has 0 spiro atoms. The van der Waals surface area contributed by atoms with Crippen LogP contribution in [0.2, 0.25) is 0 Å². The summed E-state index contributed by atoms with van der Waals surface area (Å²) in [7, 11) is 0. The lowest BCUT2D eigenvalue weighted by Gasteiger charge is -2.49. The predicted octanol–water partition coefficient (Wildman–Crippen LogP) is -0.535. The number of fused-ring (bicyclic) bond motifs is 2. The number of carbonyl (C=O) groups is 4. The number of carboxylic acids is 1. The number of amides is 3. The van der Waals surface area contributed by atoms with Crippen molar-refractivity contribution >= 4 is 75.2 Å². The van der Waals surface area contributed by atoms with E-state index in [4.69, 9.17) is 16.2 Å². The number of anilines is 1. The topological polar surface area (TPSA) is 232 Å². The minimum atomic E-state index is -1.27. The number of hydrogen-bond donors (Lipinski definition) is 5. The van der Waals surface area contributed by atoms with Crippen molar-refractivity contribution in [1.29, 1.82) is 0 Å². The average Bonchev–Trinajstić information content (AvgIpc) is 3.55. The van der Waals surface area contributed by atoms with Crippen LogP contribution < -0.4 is 21.4 Å². The first kappa shape index (κ1) is 28.2. The second-order valence-electron chi connectivity index (χ2n) is 8.55. The fraction of sp³-hybridized carbons (Fsp3) is 0.273. The minimum Gasteiger partial charge on any atom is -0.477 e. The molecule has 214 valence electrons. The quantitative estimate of drug-likeness (QED) is 0.0366. The van der Waals surface area contributed by atoms with Gasteiger partial charge in [-0.15, -0.1) is 27.6 Å². The summed E-state index contributed by atoms with van der Waals surface area (Å²) < 4.78 is 8.15. The molecule has 5 heterocycles. The Morgan fingerprint density at radius 1 is 1.34 bits per heavy atom. The number of thiazole rings is 1. The molecule has 1 fully saturated rings. The average molecular weight is 621 g/mol. The van der Waals surface area contributed by atoms with Gasteiger partial charge in [-0.1, -0.05) is 22.0 Å². The number of thioether (sulfide) groups is 2. The molecule has 7 N–H and O–H groups in total. The number of nitrogens with zero attached hydrogens (tertiary/aromatic N) is 6. The maximum Gasteiger partial charge on any atom is 0.404 e. The molecule has 0 saturated carbocycles. The van der Waals surface area contributed by atoms with Gasteiger partial charge in [0, 0.05) is 28.5 Å². The summed E-state index contributed by atoms with van der Waals surface area (Å²) in [5, 5.41) is 31.0. The lowest BCUT2D eigenvalue weighted by atomic mass is 10.0. The van der Waals surface area contributed by atoms with Crippen LogP contribution in [-0.4, -0.2) is 88.9 Å². The number of β-lactam (4-membered cyclic amide) rings is 1. The van der Waals surface area contributed by atoms with Gasteiger partial charge >= 0.3 is 17.7 Å². The van der Waals surface area contributed by atoms with E-state index in [1.54, 1.807) is 23.0 Å². The van der Waals surface area contributed by atoms with Crippen molar-refractivity contribution in [2.45, 2.75) is 23.0 Å². The molecular formula is C22H22N9O7S3+. The van der Waals surface area contributed by atoms with E-state index in [0.717, 1.165) is 16.2 Å². The molecule has 2 aliphatic heterocycles. The molecule has 16 nitrogen and oxygen atoms in total. The van der Waals surface area contributed by atoms with E-state index in [-0.39, 0.29) is 35.4 Å². The van der Waals surface area contributed by atoms with E-state index in [2.05, 4.69) is 20.6 Å². The lowest BCUT2D eigenvalue weighted by Crippen LogP contribution is -2.71. The van der Waals surface area contributed by atoms with E-state index in [1.165, 1.54) is 28.9 Å². The van der Waals surface area contributed by atoms with Crippen LogP contribution in [0.5, 0.6) is 0 Å². The van der Waals surface area contributed by atoms with Crippen molar-refractivity contribution in [1.82, 2.24) is 24.8 Å². The SMILES string of the molecule is NC(=O)OCCSc1ccc2n(cc[n+]2CC2=C(C(=O)O)N3C(=O)[C@@H](NC(=O)/C(=N\O)c4csc(N)n4)[C@H]3SC2)n1. The highest BCUT2D eigenvalue weighted by atomic mass is 32.2. The van der Waals surface area contributed by atoms with Crippen LogP contribution >= 0.6 is 34.9 Å². The lowest BCUT2D eigenvalue weighted by molar-refractivity contribution is -0.662. The van der Waals surface area contributed by atoms with Crippen molar-refractivity contribution in [3.8, 4) is 0 Å². The highest BCUT2D eigenvalue weighted by Gasteiger charge is 2.54. The number of oxime groups is 1. The number of nitrogens with two attached hydrogens (primary N) is 2. The summed E-state index contributed by atoms with van der Waals surface area (Å²) >= 11 is 3.73. The number of aliphatic carboxylic acids is 1. The van der Waals surface area contributed by atoms with Gasteiger partial charge in [-0.3, -0.25) is 14.5 Å². The summed E-state index contributed by atoms with van der Waals surface area (Å²) in [5.74, 6) is -1.95. The Morgan fingerprint density at radius 3 is 2.83 bits per heavy atom. The van der Waals surface area contributed by atoms with E-state index in [1.807, 2.05) is 10.6 Å². The van der Waals surface area contributed by atoms with Crippen LogP contribution in [0, 0.1) is 0 Å². The Labute approximate surface area is 243 Å². The van der Waals surface area contributed by atoms with Gasteiger partial charge in [-0.25, -0.2) is 19.1 Å². The van der Waals surface area contributed by atoms with Crippen molar-refractivity contribution in [3.63, 3.8) is 0 Å². The van der Waals surface area contributed by atoms with E-state index < -0.39 is 41.0 Å². The molecule has 41 heavy (non-hydrogen) atoms. The Hall–Kier alpha value is -4.36. The first-order valence-electron chi connectivity index (χ1n) is 11.7. The van der Waals surface area contributed by atoms with Crippen LogP contribution in [-0.2, 0) is 25.7 Å². The molecule has 0 aliphatic carbocycles. The van der Waals surface area contributed by atoms with Crippen molar-refractivity contribution in [3.05, 3.63) is 46.9 Å². The normalized spacial score (nSPS) is 18.7. The molecule has 3 aromatic rings. The molecular weight excluding hydrogens is 598 g/mol. The first-order valence-corrected chi connectivity index (χ1v) is 14.7. The number of rotatable bonds is 10. The summed E-state index contributed by atoms with van der Waals surface area (Å²) in [6.45, 7) is 0.332. The highest BCUT2D eigenvalue weighted by molar-refractivity contribution is 8.00. The zero-order valence-corrected chi connectivity index (χ0v) is 23.3. The van der Waals surface area contributed by atoms with Crippen LogP contribution in [0.25, 0.3) is 5.65 Å². The number of carbonyl (C=O) groups excluding carboxylic acids is 3. The van der Waals surface area contributed by atoms with E-state index in [9.17, 15) is 29.5 Å². The standard InChI is InChI=1S/C22H21N9O7S3/c23-21-25-11(9-41-21)14(28-37)17(32)26-15-18(33)31-16(20(34)35)10(8-40-19(15)31)7-29-3-4-30-13(29)2-1-12(27-30)39-6-5-38-22(24)36/h1-4,9,15,19H,5-8H2,(H6-,23,24,25,26,32,34,35,36,37)/p+1/t15-,19-/m1/s1. The fourth-order valence-electron chi connectivity index (χ4n) is 4.30. The van der Waals surface area contributed by atoms with E-state index in [0.29, 0.717) is 22.0 Å². The third kappa shape index (κ3) is 5.63. The first-order chi connectivity index (χ1) is 19.7. The Balaban J connectivity index is 1.29. The number of carboxylic acid groups (broad SMARTS) is 1. The monoisotopic (exact) mass is 620 g/mol. The summed E-state index contributed by atoms with van der Waals surface area (Å²) in [5.41, 5.74) is 11.2. The molecule has 2 aliphatic rings. The summed E-state index contributed by atoms with van der Waals surface area (Å²) in [6.07, 6.45) is 2.62. The molecule has 3 aromatic heterocycles. The largest absolute Gasteiger partial charge is 0.477 e. The van der Waals surface area contributed by atoms with Gasteiger partial charge in [0.2, 0.25) is 0 Å². The smallest absolute Gasteiger partial charge is 0.404 e. The summed E-state index contributed by atoms with van der Waals surface area (Å²) in [4.78, 5) is 53.8. The number of nitrogen functional groups attached to an aromatic ring is 1. The van der Waals surface area contributed by atoms with Crippen LogP contribution in [0.4, 0.5) is 9.93 Å². The van der Waals surface area contributed by atoms with Gasteiger partial charge < -0.3 is 31.8 Å². The van der Waals surface area contributed by atoms with E-state index >= 15 is 0 Å². The molecule has 5 rings (SSSR count). The Kier molecular flexibility index (Phi) is 7.99. The molecule has 19 heteroatoms. The zero-order chi connectivity index (χ0) is 29.3. The second kappa shape index (κ2) is 11.6. The maximum atomic E-state index is 13.0. The summed E-state index contributed by atoms with van der Waals surface area (Å²) in [6, 6.07) is 2.59. The number of nitrogens with one attached hydrogen (secondary N) is 1. The molecule has 0 aromatic carbocycles. The molecule has 1 saturated heterocycles. The van der Waals surface area contributed by atoms with Gasteiger partial charge in [-0.05, 0) is 6.07 Å². The predicted molar refractivity (Wildman–Crippen MR) is 146 cm³/mol. The van der Waals surface area contributed by atoms with Crippen LogP contribution in [0.3, 0.4) is 0 Å². The molecule has 2 atom stereocenters. The second-order valence-corrected chi connectivity index (χ2v) is 11.7. The third-order valence-electron chi connectivity index (χ3n) is 6.05. The third-order valence-corrected chi connectivity index (χ3v) is 8.95. The molecule has 0 unspecified atom stereocenters. The molecule has 3 amide bonds. The number of imidazole rings is 1. The van der Waals surface area contributed by atoms with Gasteiger partial charge in [0.1, 0.15) is 47.2 Å². The Bertz CT molecular complexity index is 1620. The number of aromatic nitrogens is 4. The minimum absolute atomic E-state index is 0.0509. The van der Waals surface area contributed by atoms with Gasteiger partial charge in [0.15, 0.2) is 17.0 Å². The highest BCUT2D eigenvalue weighted by Crippen LogP contribution is 2.40. The van der Waals surface area contributed by atoms with Gasteiger partial charge in [-0.2, -0.15) is 0 Å². The van der Waals surface area contributed by atoms with Crippen LogP contribution in [0.1, 0.15) is 5.69 Å².